The van der Waals surface area contributed by atoms with E-state index in [-0.39, 0.29) is 17.8 Å². The minimum absolute atomic E-state index is 0.0167. The van der Waals surface area contributed by atoms with E-state index in [2.05, 4.69) is 20.4 Å². The van der Waals surface area contributed by atoms with Crippen molar-refractivity contribution < 1.29 is 9.18 Å². The first-order valence-corrected chi connectivity index (χ1v) is 11.1. The SMILES string of the molecule is Cn1cc(-c2ccc(F)cc2)c(C(=O)N2CCCCC2CNc2ncnc3ccccc23)n1. The fourth-order valence-corrected chi connectivity index (χ4v) is 4.46. The molecule has 1 aliphatic rings. The molecule has 33 heavy (non-hydrogen) atoms. The van der Waals surface area contributed by atoms with Gasteiger partial charge in [-0.2, -0.15) is 5.10 Å². The Morgan fingerprint density at radius 2 is 1.94 bits per heavy atom. The van der Waals surface area contributed by atoms with Crippen LogP contribution < -0.4 is 5.32 Å². The molecule has 1 amide bonds. The molecule has 1 unspecified atom stereocenters. The molecular formula is C25H25FN6O. The van der Waals surface area contributed by atoms with E-state index >= 15 is 0 Å². The molecule has 5 rings (SSSR count). The van der Waals surface area contributed by atoms with Gasteiger partial charge in [-0.3, -0.25) is 9.48 Å². The Hall–Kier alpha value is -3.81. The number of likely N-dealkylation sites (tertiary alicyclic amines) is 1. The first-order chi connectivity index (χ1) is 16.1. The van der Waals surface area contributed by atoms with Crippen LogP contribution in [0.25, 0.3) is 22.0 Å². The van der Waals surface area contributed by atoms with Gasteiger partial charge in [0.1, 0.15) is 18.0 Å². The molecule has 3 heterocycles. The second-order valence-corrected chi connectivity index (χ2v) is 8.34. The predicted molar refractivity (Wildman–Crippen MR) is 125 cm³/mol. The first-order valence-electron chi connectivity index (χ1n) is 11.1. The van der Waals surface area contributed by atoms with E-state index in [9.17, 15) is 9.18 Å². The fourth-order valence-electron chi connectivity index (χ4n) is 4.46. The molecule has 0 radical (unpaired) electrons. The second-order valence-electron chi connectivity index (χ2n) is 8.34. The van der Waals surface area contributed by atoms with Gasteiger partial charge in [-0.15, -0.1) is 0 Å². The molecule has 7 nitrogen and oxygen atoms in total. The lowest BCUT2D eigenvalue weighted by Gasteiger charge is -2.35. The number of amides is 1. The zero-order chi connectivity index (χ0) is 22.8. The smallest absolute Gasteiger partial charge is 0.275 e. The van der Waals surface area contributed by atoms with Crippen LogP contribution in [0.5, 0.6) is 0 Å². The number of anilines is 1. The molecule has 0 spiro atoms. The van der Waals surface area contributed by atoms with Crippen molar-refractivity contribution in [2.45, 2.75) is 25.3 Å². The van der Waals surface area contributed by atoms with E-state index in [0.717, 1.165) is 41.5 Å². The van der Waals surface area contributed by atoms with Crippen LogP contribution in [0, 0.1) is 5.82 Å². The van der Waals surface area contributed by atoms with Crippen molar-refractivity contribution in [2.75, 3.05) is 18.4 Å². The van der Waals surface area contributed by atoms with Crippen LogP contribution >= 0.6 is 0 Å². The number of hydrogen-bond donors (Lipinski definition) is 1. The molecule has 168 valence electrons. The number of nitrogens with one attached hydrogen (secondary N) is 1. The third-order valence-electron chi connectivity index (χ3n) is 6.12. The Bertz CT molecular complexity index is 1280. The van der Waals surface area contributed by atoms with E-state index in [1.54, 1.807) is 30.2 Å². The fraction of sp³-hybridized carbons (Fsp3) is 0.280. The molecule has 1 N–H and O–H groups in total. The second kappa shape index (κ2) is 8.97. The predicted octanol–water partition coefficient (Wildman–Crippen LogP) is 4.28. The zero-order valence-corrected chi connectivity index (χ0v) is 18.4. The number of aromatic nitrogens is 4. The summed E-state index contributed by atoms with van der Waals surface area (Å²) in [5.74, 6) is 0.354. The normalized spacial score (nSPS) is 16.2. The van der Waals surface area contributed by atoms with Crippen molar-refractivity contribution in [2.24, 2.45) is 7.05 Å². The third kappa shape index (κ3) is 4.28. The van der Waals surface area contributed by atoms with Gasteiger partial charge in [0.15, 0.2) is 5.69 Å². The maximum absolute atomic E-state index is 13.6. The summed E-state index contributed by atoms with van der Waals surface area (Å²) in [7, 11) is 1.79. The third-order valence-corrected chi connectivity index (χ3v) is 6.12. The lowest BCUT2D eigenvalue weighted by molar-refractivity contribution is 0.0622. The van der Waals surface area contributed by atoms with Crippen molar-refractivity contribution in [3.05, 3.63) is 72.6 Å². The summed E-state index contributed by atoms with van der Waals surface area (Å²) < 4.78 is 15.1. The molecule has 1 saturated heterocycles. The van der Waals surface area contributed by atoms with Gasteiger partial charge in [0.2, 0.25) is 0 Å². The highest BCUT2D eigenvalue weighted by Gasteiger charge is 2.31. The van der Waals surface area contributed by atoms with Gasteiger partial charge in [0.25, 0.3) is 5.91 Å². The molecule has 8 heteroatoms. The number of carbonyl (C=O) groups excluding carboxylic acids is 1. The van der Waals surface area contributed by atoms with Crippen molar-refractivity contribution in [3.63, 3.8) is 0 Å². The van der Waals surface area contributed by atoms with Gasteiger partial charge in [0.05, 0.1) is 5.52 Å². The topological polar surface area (TPSA) is 75.9 Å². The van der Waals surface area contributed by atoms with E-state index in [1.165, 1.54) is 12.1 Å². The number of nitrogens with zero attached hydrogens (tertiary/aromatic N) is 5. The van der Waals surface area contributed by atoms with Crippen LogP contribution in [-0.2, 0) is 7.05 Å². The first kappa shape index (κ1) is 21.1. The summed E-state index contributed by atoms with van der Waals surface area (Å²) in [4.78, 5) is 24.3. The minimum Gasteiger partial charge on any atom is -0.367 e. The summed E-state index contributed by atoms with van der Waals surface area (Å²) >= 11 is 0. The number of para-hydroxylation sites is 1. The molecule has 0 saturated carbocycles. The Morgan fingerprint density at radius 1 is 1.12 bits per heavy atom. The van der Waals surface area contributed by atoms with Gasteiger partial charge >= 0.3 is 0 Å². The summed E-state index contributed by atoms with van der Waals surface area (Å²) in [6.45, 7) is 1.26. The van der Waals surface area contributed by atoms with Gasteiger partial charge in [-0.25, -0.2) is 14.4 Å². The van der Waals surface area contributed by atoms with Crippen molar-refractivity contribution in [3.8, 4) is 11.1 Å². The molecule has 2 aromatic heterocycles. The Kier molecular flexibility index (Phi) is 5.73. The highest BCUT2D eigenvalue weighted by molar-refractivity contribution is 5.99. The number of rotatable bonds is 5. The molecule has 1 fully saturated rings. The number of piperidine rings is 1. The average Bonchev–Trinajstić information content (AvgIpc) is 3.24. The monoisotopic (exact) mass is 444 g/mol. The van der Waals surface area contributed by atoms with E-state index in [0.29, 0.717) is 24.3 Å². The van der Waals surface area contributed by atoms with E-state index in [1.807, 2.05) is 35.4 Å². The number of hydrogen-bond acceptors (Lipinski definition) is 5. The Morgan fingerprint density at radius 3 is 2.79 bits per heavy atom. The Balaban J connectivity index is 1.39. The van der Waals surface area contributed by atoms with Crippen LogP contribution in [0.15, 0.2) is 61.1 Å². The number of benzene rings is 2. The number of halogens is 1. The zero-order valence-electron chi connectivity index (χ0n) is 18.4. The summed E-state index contributed by atoms with van der Waals surface area (Å²) in [5.41, 5.74) is 2.75. The lowest BCUT2D eigenvalue weighted by atomic mass is 10.00. The van der Waals surface area contributed by atoms with Crippen molar-refractivity contribution in [1.29, 1.82) is 0 Å². The van der Waals surface area contributed by atoms with Gasteiger partial charge < -0.3 is 10.2 Å². The molecule has 0 aliphatic carbocycles. The maximum Gasteiger partial charge on any atom is 0.275 e. The van der Waals surface area contributed by atoms with Crippen molar-refractivity contribution in [1.82, 2.24) is 24.6 Å². The largest absolute Gasteiger partial charge is 0.367 e. The standard InChI is InChI=1S/C25H25FN6O/c1-31-15-21(17-9-11-18(26)12-10-17)23(30-31)25(33)32-13-5-4-6-19(32)14-27-24-20-7-2-3-8-22(20)28-16-29-24/h2-3,7-12,15-16,19H,4-6,13-14H2,1H3,(H,27,28,29). The van der Waals surface area contributed by atoms with Crippen LogP contribution in [-0.4, -0.2) is 49.7 Å². The highest BCUT2D eigenvalue weighted by Crippen LogP contribution is 2.27. The lowest BCUT2D eigenvalue weighted by Crippen LogP contribution is -2.47. The molecule has 0 bridgehead atoms. The molecular weight excluding hydrogens is 419 g/mol. The highest BCUT2D eigenvalue weighted by atomic mass is 19.1. The maximum atomic E-state index is 13.6. The molecule has 1 atom stereocenters. The molecule has 1 aliphatic heterocycles. The molecule has 2 aromatic carbocycles. The van der Waals surface area contributed by atoms with Crippen LogP contribution in [0.1, 0.15) is 29.8 Å². The number of fused-ring (bicyclic) bond motifs is 1. The van der Waals surface area contributed by atoms with Gasteiger partial charge in [-0.1, -0.05) is 24.3 Å². The summed E-state index contributed by atoms with van der Waals surface area (Å²) in [6, 6.07) is 14.0. The quantitative estimate of drug-likeness (QED) is 0.497. The molecule has 4 aromatic rings. The van der Waals surface area contributed by atoms with E-state index < -0.39 is 0 Å². The number of carbonyl (C=O) groups is 1. The minimum atomic E-state index is -0.310. The number of aryl methyl sites for hydroxylation is 1. The Labute approximate surface area is 191 Å². The van der Waals surface area contributed by atoms with Gasteiger partial charge in [-0.05, 0) is 49.1 Å². The van der Waals surface area contributed by atoms with E-state index in [4.69, 9.17) is 0 Å². The summed E-state index contributed by atoms with van der Waals surface area (Å²) in [5, 5.41) is 8.86. The van der Waals surface area contributed by atoms with Crippen LogP contribution in [0.4, 0.5) is 10.2 Å². The van der Waals surface area contributed by atoms with Crippen LogP contribution in [0.2, 0.25) is 0 Å². The van der Waals surface area contributed by atoms with Gasteiger partial charge in [0, 0.05) is 43.3 Å². The van der Waals surface area contributed by atoms with Crippen LogP contribution in [0.3, 0.4) is 0 Å². The van der Waals surface area contributed by atoms with Crippen molar-refractivity contribution >= 4 is 22.6 Å². The average molecular weight is 445 g/mol. The summed E-state index contributed by atoms with van der Waals surface area (Å²) in [6.07, 6.45) is 6.29.